The maximum Gasteiger partial charge on any atom is 0.121 e. The minimum atomic E-state index is 0.818. The number of benzene rings is 1. The number of methoxy groups -OCH3 is 1. The second-order valence-electron chi connectivity index (χ2n) is 4.92. The van der Waals surface area contributed by atoms with Crippen molar-refractivity contribution >= 4 is 11.8 Å². The molecule has 3 heteroatoms. The van der Waals surface area contributed by atoms with Crippen LogP contribution in [-0.4, -0.2) is 24.7 Å². The number of aryl methyl sites for hydroxylation is 1. The van der Waals surface area contributed by atoms with E-state index in [2.05, 4.69) is 42.2 Å². The Labute approximate surface area is 114 Å². The fourth-order valence-electron chi connectivity index (χ4n) is 2.40. The maximum atomic E-state index is 5.28. The summed E-state index contributed by atoms with van der Waals surface area (Å²) in [6.45, 7) is 4.19. The molecule has 0 aliphatic carbocycles. The molecule has 1 aliphatic rings. The smallest absolute Gasteiger partial charge is 0.121 e. The summed E-state index contributed by atoms with van der Waals surface area (Å²) in [6, 6.07) is 6.41. The zero-order valence-electron chi connectivity index (χ0n) is 11.4. The molecule has 100 valence electrons. The SMILES string of the molecule is COc1ccc(CNCC2CCCCS2)cc1C. The summed E-state index contributed by atoms with van der Waals surface area (Å²) in [5.41, 5.74) is 2.55. The van der Waals surface area contributed by atoms with Gasteiger partial charge in [-0.2, -0.15) is 11.8 Å². The largest absolute Gasteiger partial charge is 0.496 e. The first-order valence-corrected chi connectivity index (χ1v) is 7.80. The average molecular weight is 265 g/mol. The summed E-state index contributed by atoms with van der Waals surface area (Å²) >= 11 is 2.13. The van der Waals surface area contributed by atoms with Crippen LogP contribution in [0.1, 0.15) is 30.4 Å². The monoisotopic (exact) mass is 265 g/mol. The van der Waals surface area contributed by atoms with Gasteiger partial charge in [0, 0.05) is 18.3 Å². The summed E-state index contributed by atoms with van der Waals surface area (Å²) in [5, 5.41) is 4.39. The van der Waals surface area contributed by atoms with Crippen molar-refractivity contribution in [3.63, 3.8) is 0 Å². The molecule has 1 fully saturated rings. The Hall–Kier alpha value is -0.670. The zero-order chi connectivity index (χ0) is 12.8. The van der Waals surface area contributed by atoms with E-state index in [1.807, 2.05) is 0 Å². The van der Waals surface area contributed by atoms with E-state index in [0.29, 0.717) is 0 Å². The molecule has 1 aliphatic heterocycles. The molecule has 1 N–H and O–H groups in total. The predicted molar refractivity (Wildman–Crippen MR) is 79.5 cm³/mol. The first-order chi connectivity index (χ1) is 8.79. The molecule has 1 aromatic rings. The van der Waals surface area contributed by atoms with Gasteiger partial charge < -0.3 is 10.1 Å². The van der Waals surface area contributed by atoms with Crippen LogP contribution in [0.15, 0.2) is 18.2 Å². The van der Waals surface area contributed by atoms with Gasteiger partial charge in [-0.25, -0.2) is 0 Å². The number of ether oxygens (including phenoxy) is 1. The predicted octanol–water partition coefficient (Wildman–Crippen LogP) is 3.38. The summed E-state index contributed by atoms with van der Waals surface area (Å²) < 4.78 is 5.28. The van der Waals surface area contributed by atoms with Crippen LogP contribution >= 0.6 is 11.8 Å². The minimum Gasteiger partial charge on any atom is -0.496 e. The van der Waals surface area contributed by atoms with Crippen LogP contribution in [0.2, 0.25) is 0 Å². The summed E-state index contributed by atoms with van der Waals surface area (Å²) in [6.07, 6.45) is 4.18. The molecule has 1 unspecified atom stereocenters. The minimum absolute atomic E-state index is 0.818. The van der Waals surface area contributed by atoms with Crippen LogP contribution < -0.4 is 10.1 Å². The molecule has 18 heavy (non-hydrogen) atoms. The van der Waals surface area contributed by atoms with Gasteiger partial charge in [-0.3, -0.25) is 0 Å². The van der Waals surface area contributed by atoms with Gasteiger partial charge in [0.05, 0.1) is 7.11 Å². The van der Waals surface area contributed by atoms with Crippen LogP contribution in [0.25, 0.3) is 0 Å². The van der Waals surface area contributed by atoms with Crippen LogP contribution in [0.5, 0.6) is 5.75 Å². The standard InChI is InChI=1S/C15H23NOS/c1-12-9-13(6-7-15(12)17-2)10-16-11-14-5-3-4-8-18-14/h6-7,9,14,16H,3-5,8,10-11H2,1-2H3. The number of hydrogen-bond donors (Lipinski definition) is 1. The van der Waals surface area contributed by atoms with Gasteiger partial charge in [0.25, 0.3) is 0 Å². The van der Waals surface area contributed by atoms with Crippen molar-refractivity contribution in [3.05, 3.63) is 29.3 Å². The van der Waals surface area contributed by atoms with Crippen LogP contribution in [-0.2, 0) is 6.54 Å². The van der Waals surface area contributed by atoms with E-state index in [4.69, 9.17) is 4.74 Å². The summed E-state index contributed by atoms with van der Waals surface area (Å²) in [7, 11) is 1.72. The Morgan fingerprint density at radius 1 is 1.39 bits per heavy atom. The lowest BCUT2D eigenvalue weighted by atomic mass is 10.1. The Balaban J connectivity index is 1.77. The molecular formula is C15H23NOS. The first-order valence-electron chi connectivity index (χ1n) is 6.75. The molecule has 0 spiro atoms. The third kappa shape index (κ3) is 3.92. The number of rotatable bonds is 5. The van der Waals surface area contributed by atoms with Crippen molar-refractivity contribution < 1.29 is 4.74 Å². The average Bonchev–Trinajstić information content (AvgIpc) is 2.40. The summed E-state index contributed by atoms with van der Waals surface area (Å²) in [4.78, 5) is 0. The second kappa shape index (κ2) is 7.05. The van der Waals surface area contributed by atoms with Crippen LogP contribution in [0.4, 0.5) is 0 Å². The van der Waals surface area contributed by atoms with Crippen molar-refractivity contribution in [2.24, 2.45) is 0 Å². The topological polar surface area (TPSA) is 21.3 Å². The maximum absolute atomic E-state index is 5.28. The highest BCUT2D eigenvalue weighted by atomic mass is 32.2. The molecule has 2 nitrogen and oxygen atoms in total. The number of thioether (sulfide) groups is 1. The highest BCUT2D eigenvalue weighted by Gasteiger charge is 2.12. The third-order valence-corrected chi connectivity index (χ3v) is 4.83. The van der Waals surface area contributed by atoms with Gasteiger partial charge in [-0.15, -0.1) is 0 Å². The molecule has 0 bridgehead atoms. The van der Waals surface area contributed by atoms with Gasteiger partial charge in [0.2, 0.25) is 0 Å². The van der Waals surface area contributed by atoms with Crippen molar-refractivity contribution in [2.75, 3.05) is 19.4 Å². The van der Waals surface area contributed by atoms with Gasteiger partial charge in [-0.05, 0) is 42.7 Å². The third-order valence-electron chi connectivity index (χ3n) is 3.43. The quantitative estimate of drug-likeness (QED) is 0.882. The van der Waals surface area contributed by atoms with Crippen LogP contribution in [0, 0.1) is 6.92 Å². The lowest BCUT2D eigenvalue weighted by molar-refractivity contribution is 0.411. The van der Waals surface area contributed by atoms with E-state index in [1.165, 1.54) is 36.1 Å². The normalized spacial score (nSPS) is 19.8. The molecule has 1 atom stereocenters. The van der Waals surface area contributed by atoms with Gasteiger partial charge in [0.15, 0.2) is 0 Å². The van der Waals surface area contributed by atoms with E-state index in [9.17, 15) is 0 Å². The molecule has 0 amide bonds. The van der Waals surface area contributed by atoms with Gasteiger partial charge in [-0.1, -0.05) is 18.6 Å². The van der Waals surface area contributed by atoms with Crippen molar-refractivity contribution in [1.29, 1.82) is 0 Å². The molecule has 0 radical (unpaired) electrons. The Morgan fingerprint density at radius 3 is 2.94 bits per heavy atom. The summed E-state index contributed by atoms with van der Waals surface area (Å²) in [5.74, 6) is 2.31. The fourth-order valence-corrected chi connectivity index (χ4v) is 3.67. The molecule has 0 saturated carbocycles. The van der Waals surface area contributed by atoms with E-state index in [-0.39, 0.29) is 0 Å². The molecule has 1 heterocycles. The zero-order valence-corrected chi connectivity index (χ0v) is 12.2. The Morgan fingerprint density at radius 2 is 2.28 bits per heavy atom. The van der Waals surface area contributed by atoms with Crippen molar-refractivity contribution in [2.45, 2.75) is 38.0 Å². The van der Waals surface area contributed by atoms with Crippen molar-refractivity contribution in [1.82, 2.24) is 5.32 Å². The fraction of sp³-hybridized carbons (Fsp3) is 0.600. The lowest BCUT2D eigenvalue weighted by Gasteiger charge is -2.21. The Kier molecular flexibility index (Phi) is 5.39. The van der Waals surface area contributed by atoms with Crippen molar-refractivity contribution in [3.8, 4) is 5.75 Å². The Bertz CT molecular complexity index is 375. The second-order valence-corrected chi connectivity index (χ2v) is 6.33. The first kappa shape index (κ1) is 13.8. The van der Waals surface area contributed by atoms with Gasteiger partial charge in [0.1, 0.15) is 5.75 Å². The number of hydrogen-bond acceptors (Lipinski definition) is 3. The van der Waals surface area contributed by atoms with Crippen LogP contribution in [0.3, 0.4) is 0 Å². The molecule has 2 rings (SSSR count). The molecule has 0 aromatic heterocycles. The molecule has 1 aromatic carbocycles. The highest BCUT2D eigenvalue weighted by molar-refractivity contribution is 7.99. The van der Waals surface area contributed by atoms with E-state index >= 15 is 0 Å². The highest BCUT2D eigenvalue weighted by Crippen LogP contribution is 2.24. The lowest BCUT2D eigenvalue weighted by Crippen LogP contribution is -2.26. The van der Waals surface area contributed by atoms with E-state index in [0.717, 1.165) is 24.1 Å². The molecule has 1 saturated heterocycles. The van der Waals surface area contributed by atoms with Gasteiger partial charge >= 0.3 is 0 Å². The van der Waals surface area contributed by atoms with E-state index < -0.39 is 0 Å². The number of nitrogens with one attached hydrogen (secondary N) is 1. The van der Waals surface area contributed by atoms with E-state index in [1.54, 1.807) is 7.11 Å². The molecular weight excluding hydrogens is 242 g/mol.